The average Bonchev–Trinajstić information content (AvgIpc) is 3.91. The molecule has 0 amide bonds. The van der Waals surface area contributed by atoms with Crippen molar-refractivity contribution in [2.75, 3.05) is 0 Å². The lowest BCUT2D eigenvalue weighted by Crippen LogP contribution is -2.02. The summed E-state index contributed by atoms with van der Waals surface area (Å²) in [6, 6.07) is 39.7. The molecule has 11 rings (SSSR count). The van der Waals surface area contributed by atoms with Crippen molar-refractivity contribution < 1.29 is 16.8 Å². The van der Waals surface area contributed by atoms with Crippen LogP contribution in [0.25, 0.3) is 106 Å². The van der Waals surface area contributed by atoms with E-state index in [0.717, 1.165) is 33.0 Å². The van der Waals surface area contributed by atoms with Crippen LogP contribution in [0.15, 0.2) is 198 Å². The molecule has 0 bridgehead atoms. The highest BCUT2D eigenvalue weighted by Gasteiger charge is 2.20. The smallest absolute Gasteiger partial charge is 0.164 e. The largest absolute Gasteiger partial charge is 0.456 e. The first kappa shape index (κ1) is 23.9. The SMILES string of the molecule is [2H]c1c([2H])c([2H])c(-c2cccc3c4c([2H])c([2H])c([2H])c([2H])c4n(-c4cc(-c5ccccc5)cc(-c5nc(-c6ccccc6)nc(-c6ccc7c(c6)oc6ccccc67)n5)c4)c23)c([2H])c1[2H]. The van der Waals surface area contributed by atoms with Crippen molar-refractivity contribution >= 4 is 43.7 Å². The maximum absolute atomic E-state index is 9.37. The Labute approximate surface area is 335 Å². The minimum atomic E-state index is -0.541. The Hall–Kier alpha value is -7.63. The quantitative estimate of drug-likeness (QED) is 0.171. The van der Waals surface area contributed by atoms with Crippen molar-refractivity contribution in [1.82, 2.24) is 19.5 Å². The van der Waals surface area contributed by atoms with Crippen LogP contribution < -0.4 is 0 Å². The molecule has 0 aliphatic rings. The Kier molecular flexibility index (Phi) is 5.57. The van der Waals surface area contributed by atoms with Crippen LogP contribution in [-0.2, 0) is 0 Å². The Bertz CT molecular complexity index is 3750. The van der Waals surface area contributed by atoms with Gasteiger partial charge in [-0.1, -0.05) is 151 Å². The Morgan fingerprint density at radius 3 is 1.88 bits per heavy atom. The van der Waals surface area contributed by atoms with Crippen molar-refractivity contribution in [2.24, 2.45) is 0 Å². The fourth-order valence-corrected chi connectivity index (χ4v) is 7.49. The molecule has 0 aliphatic carbocycles. The zero-order valence-electron chi connectivity index (χ0n) is 38.5. The van der Waals surface area contributed by atoms with Gasteiger partial charge in [-0.25, -0.2) is 15.0 Å². The van der Waals surface area contributed by atoms with Gasteiger partial charge in [0.25, 0.3) is 0 Å². The number of nitrogens with zero attached hydrogens (tertiary/aromatic N) is 4. The zero-order valence-corrected chi connectivity index (χ0v) is 29.5. The first-order chi connectivity index (χ1) is 31.5. The third kappa shape index (κ3) is 5.37. The number of rotatable bonds is 6. The first-order valence-corrected chi connectivity index (χ1v) is 18.0. The van der Waals surface area contributed by atoms with Gasteiger partial charge in [-0.3, -0.25) is 0 Å². The summed E-state index contributed by atoms with van der Waals surface area (Å²) in [4.78, 5) is 15.2. The molecule has 5 heteroatoms. The highest BCUT2D eigenvalue weighted by atomic mass is 16.3. The molecule has 0 radical (unpaired) electrons. The third-order valence-electron chi connectivity index (χ3n) is 10.0. The number of benzene rings is 8. The van der Waals surface area contributed by atoms with Crippen LogP contribution in [0.4, 0.5) is 0 Å². The molecule has 8 aromatic carbocycles. The molecule has 0 saturated heterocycles. The van der Waals surface area contributed by atoms with Crippen LogP contribution in [-0.4, -0.2) is 19.5 Å². The summed E-state index contributed by atoms with van der Waals surface area (Å²) in [5, 5.41) is 2.55. The molecule has 56 heavy (non-hydrogen) atoms. The van der Waals surface area contributed by atoms with Crippen molar-refractivity contribution in [3.63, 3.8) is 0 Å². The van der Waals surface area contributed by atoms with E-state index in [2.05, 4.69) is 0 Å². The number of furan rings is 1. The Morgan fingerprint density at radius 2 is 1.05 bits per heavy atom. The van der Waals surface area contributed by atoms with Gasteiger partial charge in [-0.2, -0.15) is 0 Å². The Balaban J connectivity index is 1.24. The van der Waals surface area contributed by atoms with Gasteiger partial charge in [0.05, 0.1) is 23.4 Å². The van der Waals surface area contributed by atoms with Crippen LogP contribution in [0, 0.1) is 0 Å². The number of para-hydroxylation sites is 3. The van der Waals surface area contributed by atoms with Crippen LogP contribution in [0.2, 0.25) is 0 Å². The van der Waals surface area contributed by atoms with Gasteiger partial charge in [0.1, 0.15) is 11.2 Å². The second-order valence-corrected chi connectivity index (χ2v) is 13.4. The molecule has 0 saturated carbocycles. The summed E-state index contributed by atoms with van der Waals surface area (Å²) < 4.78 is 87.5. The van der Waals surface area contributed by atoms with E-state index >= 15 is 0 Å². The van der Waals surface area contributed by atoms with Crippen LogP contribution in [0.3, 0.4) is 0 Å². The maximum atomic E-state index is 9.37. The van der Waals surface area contributed by atoms with Gasteiger partial charge < -0.3 is 8.98 Å². The summed E-state index contributed by atoms with van der Waals surface area (Å²) in [5.74, 6) is 1.11. The van der Waals surface area contributed by atoms with Crippen LogP contribution >= 0.6 is 0 Å². The standard InChI is InChI=1S/C51H32N4O/c1-4-15-33(16-5-1)37-29-38(31-39(30-37)55-45-25-12-10-21-41(45)44-24-14-23-40(48(44)55)34-17-6-2-7-18-34)51-53-49(35-19-8-3-9-20-35)52-50(54-51)36-27-28-43-42-22-11-13-26-46(42)56-47(43)32-36/h1-32H/i2D,6D,7D,10D,12D,17D,18D,21D,25D. The van der Waals surface area contributed by atoms with E-state index in [-0.39, 0.29) is 34.1 Å². The predicted molar refractivity (Wildman–Crippen MR) is 229 cm³/mol. The van der Waals surface area contributed by atoms with Crippen molar-refractivity contribution in [3.05, 3.63) is 194 Å². The molecule has 11 aromatic rings. The lowest BCUT2D eigenvalue weighted by atomic mass is 10.0. The monoisotopic (exact) mass is 725 g/mol. The van der Waals surface area contributed by atoms with Gasteiger partial charge >= 0.3 is 0 Å². The van der Waals surface area contributed by atoms with E-state index in [1.807, 2.05) is 121 Å². The molecule has 3 aromatic heterocycles. The molecule has 0 aliphatic heterocycles. The van der Waals surface area contributed by atoms with Crippen LogP contribution in [0.5, 0.6) is 0 Å². The van der Waals surface area contributed by atoms with Gasteiger partial charge in [0.2, 0.25) is 0 Å². The minimum absolute atomic E-state index is 0.0728. The number of hydrogen-bond acceptors (Lipinski definition) is 4. The summed E-state index contributed by atoms with van der Waals surface area (Å²) in [6.45, 7) is 0. The average molecular weight is 726 g/mol. The lowest BCUT2D eigenvalue weighted by molar-refractivity contribution is 0.669. The number of aromatic nitrogens is 4. The molecule has 0 fully saturated rings. The minimum Gasteiger partial charge on any atom is -0.456 e. The van der Waals surface area contributed by atoms with Crippen molar-refractivity contribution in [3.8, 4) is 62.1 Å². The summed E-state index contributed by atoms with van der Waals surface area (Å²) >= 11 is 0. The molecular weight excluding hydrogens is 685 g/mol. The Morgan fingerprint density at radius 1 is 0.411 bits per heavy atom. The lowest BCUT2D eigenvalue weighted by Gasteiger charge is -2.16. The molecule has 0 spiro atoms. The van der Waals surface area contributed by atoms with Gasteiger partial charge in [0.15, 0.2) is 17.5 Å². The fourth-order valence-electron chi connectivity index (χ4n) is 7.49. The second-order valence-electron chi connectivity index (χ2n) is 13.4. The summed E-state index contributed by atoms with van der Waals surface area (Å²) in [7, 11) is 0. The van der Waals surface area contributed by atoms with E-state index in [9.17, 15) is 2.74 Å². The van der Waals surface area contributed by atoms with E-state index in [0.29, 0.717) is 50.8 Å². The van der Waals surface area contributed by atoms with E-state index in [1.165, 1.54) is 0 Å². The normalized spacial score (nSPS) is 13.8. The molecule has 0 unspecified atom stereocenters. The summed E-state index contributed by atoms with van der Waals surface area (Å²) in [5.41, 5.74) is 6.06. The predicted octanol–water partition coefficient (Wildman–Crippen LogP) is 13.2. The maximum Gasteiger partial charge on any atom is 0.164 e. The van der Waals surface area contributed by atoms with Crippen molar-refractivity contribution in [2.45, 2.75) is 0 Å². The molecule has 5 nitrogen and oxygen atoms in total. The second kappa shape index (κ2) is 13.0. The first-order valence-electron chi connectivity index (χ1n) is 22.5. The van der Waals surface area contributed by atoms with Crippen LogP contribution in [0.1, 0.15) is 12.3 Å². The highest BCUT2D eigenvalue weighted by Crippen LogP contribution is 2.40. The molecule has 0 atom stereocenters. The third-order valence-corrected chi connectivity index (χ3v) is 10.0. The molecular formula is C51H32N4O. The van der Waals surface area contributed by atoms with E-state index in [1.54, 1.807) is 22.8 Å². The molecule has 0 N–H and O–H groups in total. The van der Waals surface area contributed by atoms with Crippen molar-refractivity contribution in [1.29, 1.82) is 0 Å². The van der Waals surface area contributed by atoms with Gasteiger partial charge in [-0.15, -0.1) is 0 Å². The number of fused-ring (bicyclic) bond motifs is 6. The highest BCUT2D eigenvalue weighted by molar-refractivity contribution is 6.14. The number of hydrogen-bond donors (Lipinski definition) is 0. The molecule has 3 heterocycles. The fraction of sp³-hybridized carbons (Fsp3) is 0. The summed E-state index contributed by atoms with van der Waals surface area (Å²) in [6.07, 6.45) is 0. The van der Waals surface area contributed by atoms with E-state index in [4.69, 9.17) is 29.0 Å². The van der Waals surface area contributed by atoms with Gasteiger partial charge in [-0.05, 0) is 59.1 Å². The molecule has 262 valence electrons. The topological polar surface area (TPSA) is 56.7 Å². The zero-order chi connectivity index (χ0) is 44.8. The van der Waals surface area contributed by atoms with E-state index < -0.39 is 42.3 Å². The van der Waals surface area contributed by atoms with Gasteiger partial charge in [0, 0.05) is 49.5 Å².